The van der Waals surface area contributed by atoms with E-state index >= 15 is 0 Å². The molecule has 1 aliphatic rings. The fraction of sp³-hybridized carbons (Fsp3) is 0.615. The van der Waals surface area contributed by atoms with Crippen LogP contribution in [0.4, 0.5) is 0 Å². The molecule has 182 valence electrons. The molecular weight excluding hydrogens is 418 g/mol. The van der Waals surface area contributed by atoms with Crippen molar-refractivity contribution in [1.82, 2.24) is 14.8 Å². The first kappa shape index (κ1) is 25.1. The van der Waals surface area contributed by atoms with Crippen LogP contribution in [0.1, 0.15) is 63.2 Å². The fourth-order valence-corrected chi connectivity index (χ4v) is 4.82. The zero-order valence-electron chi connectivity index (χ0n) is 20.8. The number of nitrogens with one attached hydrogen (secondary N) is 1. The van der Waals surface area contributed by atoms with Crippen LogP contribution in [0.15, 0.2) is 23.1 Å². The molecule has 1 aliphatic heterocycles. The molecule has 0 spiro atoms. The number of aromatic nitrogens is 1. The first-order chi connectivity index (χ1) is 15.9. The van der Waals surface area contributed by atoms with Crippen molar-refractivity contribution in [2.24, 2.45) is 5.92 Å². The molecule has 1 atom stereocenters. The Balaban J connectivity index is 1.83. The fourth-order valence-electron chi connectivity index (χ4n) is 4.82. The van der Waals surface area contributed by atoms with Gasteiger partial charge in [-0.05, 0) is 50.3 Å². The standard InChI is InChI=1S/C26H39N3O4/c1-6-19-10-7-8-12-28(19)13-9-11-27-25(30)22-17-29(16-18(2)3)26(31)21-15-24(33-5)23(32-4)14-20(21)22/h14-15,17-19H,6-13,16H2,1-5H3,(H,27,30)/t19-/m0/s1. The number of fused-ring (bicyclic) bond motifs is 1. The summed E-state index contributed by atoms with van der Waals surface area (Å²) in [6.07, 6.45) is 7.63. The van der Waals surface area contributed by atoms with Gasteiger partial charge in [-0.15, -0.1) is 0 Å². The number of ether oxygens (including phenoxy) is 2. The van der Waals surface area contributed by atoms with Crippen LogP contribution >= 0.6 is 0 Å². The van der Waals surface area contributed by atoms with Gasteiger partial charge in [-0.3, -0.25) is 9.59 Å². The summed E-state index contributed by atoms with van der Waals surface area (Å²) in [5.41, 5.74) is 0.350. The minimum atomic E-state index is -0.171. The molecule has 0 radical (unpaired) electrons. The van der Waals surface area contributed by atoms with E-state index in [0.717, 1.165) is 19.5 Å². The summed E-state index contributed by atoms with van der Waals surface area (Å²) in [6.45, 7) is 9.65. The molecule has 1 aromatic carbocycles. The molecule has 1 fully saturated rings. The maximum atomic E-state index is 13.2. The van der Waals surface area contributed by atoms with E-state index in [1.165, 1.54) is 25.7 Å². The Bertz CT molecular complexity index is 1010. The number of amides is 1. The molecule has 1 saturated heterocycles. The van der Waals surface area contributed by atoms with Crippen LogP contribution in [-0.4, -0.2) is 55.3 Å². The van der Waals surface area contributed by atoms with Crippen molar-refractivity contribution in [3.05, 3.63) is 34.2 Å². The third-order valence-electron chi connectivity index (χ3n) is 6.52. The highest BCUT2D eigenvalue weighted by atomic mass is 16.5. The van der Waals surface area contributed by atoms with E-state index in [-0.39, 0.29) is 17.4 Å². The van der Waals surface area contributed by atoms with Crippen LogP contribution in [0.5, 0.6) is 11.5 Å². The number of rotatable bonds is 10. The van der Waals surface area contributed by atoms with Gasteiger partial charge in [0.1, 0.15) is 0 Å². The van der Waals surface area contributed by atoms with E-state index < -0.39 is 0 Å². The monoisotopic (exact) mass is 457 g/mol. The summed E-state index contributed by atoms with van der Waals surface area (Å²) >= 11 is 0. The molecule has 0 aliphatic carbocycles. The van der Waals surface area contributed by atoms with Crippen molar-refractivity contribution in [2.75, 3.05) is 33.9 Å². The number of methoxy groups -OCH3 is 2. The highest BCUT2D eigenvalue weighted by Crippen LogP contribution is 2.32. The lowest BCUT2D eigenvalue weighted by atomic mass is 10.00. The summed E-state index contributed by atoms with van der Waals surface area (Å²) in [5.74, 6) is 1.07. The van der Waals surface area contributed by atoms with E-state index in [0.29, 0.717) is 47.0 Å². The first-order valence-electron chi connectivity index (χ1n) is 12.2. The number of hydrogen-bond donors (Lipinski definition) is 1. The molecule has 1 aromatic heterocycles. The molecular formula is C26H39N3O4. The second kappa shape index (κ2) is 11.5. The van der Waals surface area contributed by atoms with Gasteiger partial charge in [0.05, 0.1) is 25.2 Å². The van der Waals surface area contributed by atoms with Crippen LogP contribution in [0, 0.1) is 5.92 Å². The largest absolute Gasteiger partial charge is 0.493 e. The van der Waals surface area contributed by atoms with Gasteiger partial charge in [-0.1, -0.05) is 27.2 Å². The summed E-state index contributed by atoms with van der Waals surface area (Å²) in [5, 5.41) is 4.12. The number of benzene rings is 1. The third kappa shape index (κ3) is 5.88. The topological polar surface area (TPSA) is 72.8 Å². The molecule has 1 N–H and O–H groups in total. The van der Waals surface area contributed by atoms with Crippen molar-refractivity contribution >= 4 is 16.7 Å². The van der Waals surface area contributed by atoms with Gasteiger partial charge in [-0.2, -0.15) is 0 Å². The van der Waals surface area contributed by atoms with Gasteiger partial charge in [0.2, 0.25) is 0 Å². The van der Waals surface area contributed by atoms with E-state index in [1.807, 2.05) is 0 Å². The zero-order chi connectivity index (χ0) is 24.0. The quantitative estimate of drug-likeness (QED) is 0.545. The van der Waals surface area contributed by atoms with E-state index in [1.54, 1.807) is 37.1 Å². The van der Waals surface area contributed by atoms with Crippen molar-refractivity contribution in [2.45, 2.75) is 65.5 Å². The SMILES string of the molecule is CC[C@H]1CCCCN1CCCNC(=O)c1cn(CC(C)C)c(=O)c2cc(OC)c(OC)cc12. The van der Waals surface area contributed by atoms with E-state index in [2.05, 4.69) is 31.0 Å². The second-order valence-corrected chi connectivity index (χ2v) is 9.35. The summed E-state index contributed by atoms with van der Waals surface area (Å²) in [4.78, 5) is 28.9. The van der Waals surface area contributed by atoms with Crippen LogP contribution in [0.3, 0.4) is 0 Å². The Kier molecular flexibility index (Phi) is 8.78. The first-order valence-corrected chi connectivity index (χ1v) is 12.2. The number of pyridine rings is 1. The number of hydrogen-bond acceptors (Lipinski definition) is 5. The highest BCUT2D eigenvalue weighted by molar-refractivity contribution is 6.07. The van der Waals surface area contributed by atoms with Crippen molar-refractivity contribution < 1.29 is 14.3 Å². The summed E-state index contributed by atoms with van der Waals surface area (Å²) < 4.78 is 12.5. The number of likely N-dealkylation sites (tertiary alicyclic amines) is 1. The lowest BCUT2D eigenvalue weighted by molar-refractivity contribution is 0.0948. The Labute approximate surface area is 197 Å². The summed E-state index contributed by atoms with van der Waals surface area (Å²) in [7, 11) is 3.09. The zero-order valence-corrected chi connectivity index (χ0v) is 20.8. The minimum absolute atomic E-state index is 0.132. The van der Waals surface area contributed by atoms with Crippen molar-refractivity contribution in [3.8, 4) is 11.5 Å². The molecule has 7 nitrogen and oxygen atoms in total. The average molecular weight is 458 g/mol. The Hall–Kier alpha value is -2.54. The van der Waals surface area contributed by atoms with Gasteiger partial charge < -0.3 is 24.3 Å². The highest BCUT2D eigenvalue weighted by Gasteiger charge is 2.21. The Morgan fingerprint density at radius 1 is 1.15 bits per heavy atom. The van der Waals surface area contributed by atoms with E-state index in [4.69, 9.17) is 9.47 Å². The molecule has 0 bridgehead atoms. The van der Waals surface area contributed by atoms with Crippen molar-refractivity contribution in [3.63, 3.8) is 0 Å². The third-order valence-corrected chi connectivity index (χ3v) is 6.52. The van der Waals surface area contributed by atoms with Crippen LogP contribution in [-0.2, 0) is 6.54 Å². The number of carbonyl (C=O) groups excluding carboxylic acids is 1. The predicted molar refractivity (Wildman–Crippen MR) is 133 cm³/mol. The van der Waals surface area contributed by atoms with Crippen molar-refractivity contribution in [1.29, 1.82) is 0 Å². The average Bonchev–Trinajstić information content (AvgIpc) is 2.82. The van der Waals surface area contributed by atoms with Gasteiger partial charge in [0, 0.05) is 37.3 Å². The van der Waals surface area contributed by atoms with Gasteiger partial charge in [0.25, 0.3) is 11.5 Å². The molecule has 7 heteroatoms. The van der Waals surface area contributed by atoms with Gasteiger partial charge in [-0.25, -0.2) is 0 Å². The summed E-state index contributed by atoms with van der Waals surface area (Å²) in [6, 6.07) is 4.07. The molecule has 0 unspecified atom stereocenters. The van der Waals surface area contributed by atoms with Crippen LogP contribution < -0.4 is 20.3 Å². The molecule has 33 heavy (non-hydrogen) atoms. The van der Waals surface area contributed by atoms with Gasteiger partial charge in [0.15, 0.2) is 11.5 Å². The van der Waals surface area contributed by atoms with E-state index in [9.17, 15) is 9.59 Å². The van der Waals surface area contributed by atoms with Crippen LogP contribution in [0.2, 0.25) is 0 Å². The lowest BCUT2D eigenvalue weighted by Crippen LogP contribution is -2.40. The second-order valence-electron chi connectivity index (χ2n) is 9.35. The number of piperidine rings is 1. The lowest BCUT2D eigenvalue weighted by Gasteiger charge is -2.35. The van der Waals surface area contributed by atoms with Gasteiger partial charge >= 0.3 is 0 Å². The smallest absolute Gasteiger partial charge is 0.258 e. The molecule has 1 amide bonds. The predicted octanol–water partition coefficient (Wildman–Crippen LogP) is 4.06. The maximum absolute atomic E-state index is 13.2. The normalized spacial score (nSPS) is 16.8. The Morgan fingerprint density at radius 3 is 2.48 bits per heavy atom. The van der Waals surface area contributed by atoms with Crippen LogP contribution in [0.25, 0.3) is 10.8 Å². The maximum Gasteiger partial charge on any atom is 0.258 e. The number of nitrogens with zero attached hydrogens (tertiary/aromatic N) is 2. The molecule has 0 saturated carbocycles. The minimum Gasteiger partial charge on any atom is -0.493 e. The number of carbonyl (C=O) groups is 1. The molecule has 3 rings (SSSR count). The molecule has 2 heterocycles. The molecule has 2 aromatic rings. The Morgan fingerprint density at radius 2 is 1.85 bits per heavy atom.